The Balaban J connectivity index is 1.42. The van der Waals surface area contributed by atoms with Crippen LogP contribution in [0.4, 0.5) is 16.0 Å². The minimum atomic E-state index is -0.329. The molecule has 6 nitrogen and oxygen atoms in total. The highest BCUT2D eigenvalue weighted by Gasteiger charge is 2.24. The molecule has 1 aromatic heterocycles. The van der Waals surface area contributed by atoms with Crippen LogP contribution in [0.15, 0.2) is 30.3 Å². The van der Waals surface area contributed by atoms with Gasteiger partial charge in [0.05, 0.1) is 0 Å². The first-order valence-corrected chi connectivity index (χ1v) is 10.0. The van der Waals surface area contributed by atoms with Crippen LogP contribution in [-0.2, 0) is 0 Å². The molecule has 4 rings (SSSR count). The molecule has 1 aromatic carbocycles. The van der Waals surface area contributed by atoms with Crippen LogP contribution in [0.2, 0.25) is 0 Å². The quantitative estimate of drug-likeness (QED) is 0.816. The number of aryl methyl sites for hydroxylation is 1. The highest BCUT2D eigenvalue weighted by molar-refractivity contribution is 5.94. The summed E-state index contributed by atoms with van der Waals surface area (Å²) in [5, 5.41) is 0. The maximum atomic E-state index is 13.1. The van der Waals surface area contributed by atoms with E-state index in [1.54, 1.807) is 12.1 Å². The maximum Gasteiger partial charge on any atom is 0.253 e. The predicted molar refractivity (Wildman–Crippen MR) is 107 cm³/mol. The summed E-state index contributed by atoms with van der Waals surface area (Å²) in [7, 11) is 0. The number of benzene rings is 1. The van der Waals surface area contributed by atoms with E-state index in [2.05, 4.69) is 25.8 Å². The van der Waals surface area contributed by atoms with Crippen LogP contribution in [0.3, 0.4) is 0 Å². The molecule has 28 heavy (non-hydrogen) atoms. The molecule has 0 aliphatic carbocycles. The number of piperidine rings is 1. The second-order valence-corrected chi connectivity index (χ2v) is 7.47. The Morgan fingerprint density at radius 3 is 2.04 bits per heavy atom. The molecule has 2 aliphatic heterocycles. The van der Waals surface area contributed by atoms with E-state index < -0.39 is 0 Å². The molecule has 0 radical (unpaired) electrons. The topological polar surface area (TPSA) is 52.6 Å². The second-order valence-electron chi connectivity index (χ2n) is 7.47. The van der Waals surface area contributed by atoms with Crippen molar-refractivity contribution in [3.8, 4) is 0 Å². The number of nitrogens with zero attached hydrogens (tertiary/aromatic N) is 5. The van der Waals surface area contributed by atoms with Gasteiger partial charge in [0.2, 0.25) is 0 Å². The largest absolute Gasteiger partial charge is 0.356 e. The number of rotatable bonds is 3. The van der Waals surface area contributed by atoms with Crippen LogP contribution in [0, 0.1) is 12.7 Å². The van der Waals surface area contributed by atoms with Crippen molar-refractivity contribution < 1.29 is 9.18 Å². The van der Waals surface area contributed by atoms with Crippen LogP contribution >= 0.6 is 0 Å². The van der Waals surface area contributed by atoms with Gasteiger partial charge in [-0.25, -0.2) is 14.4 Å². The van der Waals surface area contributed by atoms with E-state index in [0.717, 1.165) is 43.6 Å². The Hall–Kier alpha value is -2.70. The van der Waals surface area contributed by atoms with E-state index in [-0.39, 0.29) is 11.7 Å². The van der Waals surface area contributed by atoms with E-state index in [1.807, 2.05) is 11.8 Å². The molecular weight excluding hydrogens is 357 g/mol. The molecule has 2 fully saturated rings. The monoisotopic (exact) mass is 383 g/mol. The van der Waals surface area contributed by atoms with Gasteiger partial charge in [-0.2, -0.15) is 0 Å². The average molecular weight is 383 g/mol. The lowest BCUT2D eigenvalue weighted by Crippen LogP contribution is -2.49. The van der Waals surface area contributed by atoms with Gasteiger partial charge in [0.25, 0.3) is 5.91 Å². The third-order valence-corrected chi connectivity index (χ3v) is 5.47. The standard InChI is InChI=1S/C21H26FN5O/c1-16-23-19(25-9-3-2-4-10-25)15-20(24-16)26-11-13-27(14-12-26)21(28)17-5-7-18(22)8-6-17/h5-8,15H,2-4,9-14H2,1H3. The average Bonchev–Trinajstić information content (AvgIpc) is 2.74. The lowest BCUT2D eigenvalue weighted by atomic mass is 10.1. The van der Waals surface area contributed by atoms with E-state index in [0.29, 0.717) is 18.7 Å². The van der Waals surface area contributed by atoms with Gasteiger partial charge in [0.1, 0.15) is 23.3 Å². The fourth-order valence-corrected chi connectivity index (χ4v) is 3.90. The first-order valence-electron chi connectivity index (χ1n) is 10.0. The number of carbonyl (C=O) groups is 1. The molecule has 0 saturated carbocycles. The fraction of sp³-hybridized carbons (Fsp3) is 0.476. The number of aromatic nitrogens is 2. The number of anilines is 2. The number of hydrogen-bond acceptors (Lipinski definition) is 5. The summed E-state index contributed by atoms with van der Waals surface area (Å²) in [5.74, 6) is 2.34. The van der Waals surface area contributed by atoms with Crippen molar-refractivity contribution in [1.29, 1.82) is 0 Å². The van der Waals surface area contributed by atoms with Gasteiger partial charge in [0, 0.05) is 50.9 Å². The van der Waals surface area contributed by atoms with Crippen molar-refractivity contribution in [2.75, 3.05) is 49.1 Å². The van der Waals surface area contributed by atoms with E-state index in [4.69, 9.17) is 0 Å². The Kier molecular flexibility index (Phi) is 5.41. The van der Waals surface area contributed by atoms with Crippen molar-refractivity contribution in [2.24, 2.45) is 0 Å². The van der Waals surface area contributed by atoms with Crippen molar-refractivity contribution in [3.05, 3.63) is 47.5 Å². The molecule has 0 unspecified atom stereocenters. The zero-order chi connectivity index (χ0) is 19.5. The minimum Gasteiger partial charge on any atom is -0.356 e. The van der Waals surface area contributed by atoms with Crippen LogP contribution in [0.5, 0.6) is 0 Å². The molecule has 0 spiro atoms. The third-order valence-electron chi connectivity index (χ3n) is 5.47. The molecule has 0 bridgehead atoms. The number of hydrogen-bond donors (Lipinski definition) is 0. The van der Waals surface area contributed by atoms with Gasteiger partial charge in [-0.3, -0.25) is 4.79 Å². The highest BCUT2D eigenvalue weighted by Crippen LogP contribution is 2.23. The number of carbonyl (C=O) groups excluding carboxylic acids is 1. The summed E-state index contributed by atoms with van der Waals surface area (Å²) < 4.78 is 13.1. The molecule has 0 atom stereocenters. The Morgan fingerprint density at radius 2 is 1.43 bits per heavy atom. The summed E-state index contributed by atoms with van der Waals surface area (Å²) >= 11 is 0. The summed E-state index contributed by atoms with van der Waals surface area (Å²) in [5.41, 5.74) is 0.528. The van der Waals surface area contributed by atoms with E-state index in [9.17, 15) is 9.18 Å². The lowest BCUT2D eigenvalue weighted by molar-refractivity contribution is 0.0746. The van der Waals surface area contributed by atoms with Gasteiger partial charge in [-0.15, -0.1) is 0 Å². The zero-order valence-electron chi connectivity index (χ0n) is 16.3. The van der Waals surface area contributed by atoms with Gasteiger partial charge in [-0.1, -0.05) is 0 Å². The van der Waals surface area contributed by atoms with E-state index in [1.165, 1.54) is 31.4 Å². The molecule has 2 saturated heterocycles. The van der Waals surface area contributed by atoms with Gasteiger partial charge < -0.3 is 14.7 Å². The molecule has 2 aromatic rings. The smallest absolute Gasteiger partial charge is 0.253 e. The lowest BCUT2D eigenvalue weighted by Gasteiger charge is -2.36. The first kappa shape index (κ1) is 18.7. The summed E-state index contributed by atoms with van der Waals surface area (Å²) in [6.45, 7) is 6.74. The summed E-state index contributed by atoms with van der Waals surface area (Å²) in [6.07, 6.45) is 3.71. The SMILES string of the molecule is Cc1nc(N2CCCCC2)cc(N2CCN(C(=O)c3ccc(F)cc3)CC2)n1. The first-order chi connectivity index (χ1) is 13.6. The molecular formula is C21H26FN5O. The second kappa shape index (κ2) is 8.12. The number of piperazine rings is 1. The maximum absolute atomic E-state index is 13.1. The third kappa shape index (κ3) is 4.08. The molecule has 1 amide bonds. The van der Waals surface area contributed by atoms with Gasteiger partial charge in [0.15, 0.2) is 0 Å². The fourth-order valence-electron chi connectivity index (χ4n) is 3.90. The van der Waals surface area contributed by atoms with E-state index >= 15 is 0 Å². The normalized spacial score (nSPS) is 17.7. The van der Waals surface area contributed by atoms with Gasteiger partial charge in [-0.05, 0) is 50.5 Å². The van der Waals surface area contributed by atoms with Gasteiger partial charge >= 0.3 is 0 Å². The molecule has 2 aliphatic rings. The Bertz CT molecular complexity index is 827. The Morgan fingerprint density at radius 1 is 0.857 bits per heavy atom. The zero-order valence-corrected chi connectivity index (χ0v) is 16.3. The van der Waals surface area contributed by atoms with Crippen molar-refractivity contribution in [2.45, 2.75) is 26.2 Å². The van der Waals surface area contributed by atoms with Crippen LogP contribution in [0.25, 0.3) is 0 Å². The number of amides is 1. The van der Waals surface area contributed by atoms with Crippen molar-refractivity contribution in [1.82, 2.24) is 14.9 Å². The minimum absolute atomic E-state index is 0.0486. The van der Waals surface area contributed by atoms with Crippen molar-refractivity contribution in [3.63, 3.8) is 0 Å². The summed E-state index contributed by atoms with van der Waals surface area (Å²) in [4.78, 5) is 28.3. The van der Waals surface area contributed by atoms with Crippen molar-refractivity contribution >= 4 is 17.5 Å². The van der Waals surface area contributed by atoms with Crippen LogP contribution < -0.4 is 9.80 Å². The number of halogens is 1. The van der Waals surface area contributed by atoms with Crippen LogP contribution in [0.1, 0.15) is 35.4 Å². The highest BCUT2D eigenvalue weighted by atomic mass is 19.1. The predicted octanol–water partition coefficient (Wildman–Crippen LogP) is 2.88. The molecule has 7 heteroatoms. The molecule has 3 heterocycles. The molecule has 148 valence electrons. The summed E-state index contributed by atoms with van der Waals surface area (Å²) in [6, 6.07) is 7.83. The van der Waals surface area contributed by atoms with Crippen LogP contribution in [-0.4, -0.2) is 60.0 Å². The Labute approximate surface area is 165 Å². The molecule has 0 N–H and O–H groups in total.